The Labute approximate surface area is 124 Å². The van der Waals surface area contributed by atoms with Gasteiger partial charge in [-0.2, -0.15) is 0 Å². The summed E-state index contributed by atoms with van der Waals surface area (Å²) < 4.78 is 0. The van der Waals surface area contributed by atoms with Crippen LogP contribution in [0.1, 0.15) is 36.0 Å². The number of rotatable bonds is 7. The van der Waals surface area contributed by atoms with Crippen LogP contribution in [0.3, 0.4) is 0 Å². The van der Waals surface area contributed by atoms with Gasteiger partial charge < -0.3 is 21.7 Å². The number of nitrogens with two attached hydrogens (primary N) is 1. The molecule has 1 fully saturated rings. The number of benzene rings is 1. The van der Waals surface area contributed by atoms with Crippen molar-refractivity contribution >= 4 is 23.2 Å². The molecule has 1 saturated carbocycles. The predicted octanol–water partition coefficient (Wildman–Crippen LogP) is 1.10. The van der Waals surface area contributed by atoms with E-state index in [1.165, 1.54) is 0 Å². The van der Waals surface area contributed by atoms with Crippen LogP contribution in [0.25, 0.3) is 0 Å². The topological polar surface area (TPSA) is 96.2 Å². The molecular formula is C15H22N4O2. The van der Waals surface area contributed by atoms with Crippen LogP contribution in [0.15, 0.2) is 18.2 Å². The fourth-order valence-corrected chi connectivity index (χ4v) is 1.99. The quantitative estimate of drug-likeness (QED) is 0.446. The molecule has 6 heteroatoms. The van der Waals surface area contributed by atoms with Crippen molar-refractivity contribution in [1.29, 1.82) is 0 Å². The molecule has 0 radical (unpaired) electrons. The lowest BCUT2D eigenvalue weighted by atomic mass is 10.1. The fraction of sp³-hybridized carbons (Fsp3) is 0.467. The number of nitrogen functional groups attached to an aromatic ring is 1. The number of nitrogens with one attached hydrogen (secondary N) is 3. The summed E-state index contributed by atoms with van der Waals surface area (Å²) in [4.78, 5) is 23.1. The smallest absolute Gasteiger partial charge is 0.251 e. The first-order chi connectivity index (χ1) is 10.1. The van der Waals surface area contributed by atoms with Crippen LogP contribution in [0.2, 0.25) is 0 Å². The van der Waals surface area contributed by atoms with Gasteiger partial charge in [0.1, 0.15) is 0 Å². The summed E-state index contributed by atoms with van der Waals surface area (Å²) >= 11 is 0. The zero-order chi connectivity index (χ0) is 15.2. The van der Waals surface area contributed by atoms with Crippen LogP contribution in [-0.2, 0) is 4.79 Å². The molecule has 2 amide bonds. The molecule has 1 aromatic rings. The van der Waals surface area contributed by atoms with E-state index in [4.69, 9.17) is 5.73 Å². The summed E-state index contributed by atoms with van der Waals surface area (Å²) in [5.41, 5.74) is 7.74. The highest BCUT2D eigenvalue weighted by atomic mass is 16.2. The normalized spacial score (nSPS) is 13.6. The molecule has 1 aliphatic carbocycles. The number of hydrogen-bond donors (Lipinski definition) is 4. The maximum Gasteiger partial charge on any atom is 0.251 e. The average Bonchev–Trinajstić information content (AvgIpc) is 3.28. The maximum absolute atomic E-state index is 11.6. The van der Waals surface area contributed by atoms with E-state index >= 15 is 0 Å². The van der Waals surface area contributed by atoms with Gasteiger partial charge in [0.2, 0.25) is 5.91 Å². The summed E-state index contributed by atoms with van der Waals surface area (Å²) in [5.74, 6) is -0.0479. The van der Waals surface area contributed by atoms with Crippen LogP contribution in [0.5, 0.6) is 0 Å². The van der Waals surface area contributed by atoms with Crippen molar-refractivity contribution in [2.24, 2.45) is 0 Å². The summed E-state index contributed by atoms with van der Waals surface area (Å²) in [6.07, 6.45) is 3.43. The van der Waals surface area contributed by atoms with Crippen LogP contribution >= 0.6 is 0 Å². The summed E-state index contributed by atoms with van der Waals surface area (Å²) in [7, 11) is 1.59. The van der Waals surface area contributed by atoms with Gasteiger partial charge in [0, 0.05) is 31.6 Å². The van der Waals surface area contributed by atoms with Crippen molar-refractivity contribution in [3.63, 3.8) is 0 Å². The first-order valence-corrected chi connectivity index (χ1v) is 7.25. The maximum atomic E-state index is 11.6. The van der Waals surface area contributed by atoms with Gasteiger partial charge in [-0.05, 0) is 37.5 Å². The molecule has 0 aromatic heterocycles. The van der Waals surface area contributed by atoms with Crippen LogP contribution < -0.4 is 21.7 Å². The lowest BCUT2D eigenvalue weighted by Gasteiger charge is -2.11. The highest BCUT2D eigenvalue weighted by molar-refractivity contribution is 5.96. The number of carbonyl (C=O) groups is 2. The summed E-state index contributed by atoms with van der Waals surface area (Å²) in [5, 5.41) is 8.70. The van der Waals surface area contributed by atoms with Crippen LogP contribution in [0.4, 0.5) is 11.4 Å². The van der Waals surface area contributed by atoms with Gasteiger partial charge in [0.05, 0.1) is 11.4 Å². The van der Waals surface area contributed by atoms with Crippen LogP contribution in [-0.4, -0.2) is 31.4 Å². The molecule has 1 aliphatic rings. The lowest BCUT2D eigenvalue weighted by Crippen LogP contribution is -2.25. The SMILES string of the molecule is CNC(=O)c1ccc(N)c(NCCCC(=O)NC2CC2)c1. The zero-order valence-electron chi connectivity index (χ0n) is 12.2. The van der Waals surface area contributed by atoms with E-state index in [9.17, 15) is 9.59 Å². The van der Waals surface area contributed by atoms with E-state index in [0.717, 1.165) is 24.9 Å². The average molecular weight is 290 g/mol. The van der Waals surface area contributed by atoms with Crippen molar-refractivity contribution in [2.45, 2.75) is 31.7 Å². The van der Waals surface area contributed by atoms with E-state index in [-0.39, 0.29) is 11.8 Å². The van der Waals surface area contributed by atoms with E-state index in [0.29, 0.717) is 30.3 Å². The Hall–Kier alpha value is -2.24. The Morgan fingerprint density at radius 1 is 1.33 bits per heavy atom. The Balaban J connectivity index is 1.78. The molecule has 1 aromatic carbocycles. The fourth-order valence-electron chi connectivity index (χ4n) is 1.99. The molecule has 0 saturated heterocycles. The van der Waals surface area contributed by atoms with Gasteiger partial charge >= 0.3 is 0 Å². The highest BCUT2D eigenvalue weighted by Crippen LogP contribution is 2.20. The molecule has 0 atom stereocenters. The third-order valence-electron chi connectivity index (χ3n) is 3.38. The third kappa shape index (κ3) is 4.66. The zero-order valence-corrected chi connectivity index (χ0v) is 12.2. The first-order valence-electron chi connectivity index (χ1n) is 7.25. The molecule has 0 aliphatic heterocycles. The van der Waals surface area contributed by atoms with E-state index in [1.807, 2.05) is 0 Å². The van der Waals surface area contributed by atoms with Gasteiger partial charge in [-0.3, -0.25) is 9.59 Å². The Bertz CT molecular complexity index is 526. The number of hydrogen-bond acceptors (Lipinski definition) is 4. The molecule has 0 bridgehead atoms. The van der Waals surface area contributed by atoms with Crippen molar-refractivity contribution < 1.29 is 9.59 Å². The van der Waals surface area contributed by atoms with Crippen LogP contribution in [0, 0.1) is 0 Å². The standard InChI is InChI=1S/C15H22N4O2/c1-17-15(21)10-4-7-12(16)13(9-10)18-8-2-3-14(20)19-11-5-6-11/h4,7,9,11,18H,2-3,5-6,8,16H2,1H3,(H,17,21)(H,19,20). The minimum Gasteiger partial charge on any atom is -0.397 e. The highest BCUT2D eigenvalue weighted by Gasteiger charge is 2.22. The Morgan fingerprint density at radius 3 is 2.76 bits per heavy atom. The minimum absolute atomic E-state index is 0.103. The Kier molecular flexibility index (Phi) is 5.03. The molecule has 2 rings (SSSR count). The number of amides is 2. The third-order valence-corrected chi connectivity index (χ3v) is 3.38. The van der Waals surface area contributed by atoms with Gasteiger partial charge in [-0.1, -0.05) is 0 Å². The second kappa shape index (κ2) is 6.97. The summed E-state index contributed by atoms with van der Waals surface area (Å²) in [6.45, 7) is 0.638. The largest absolute Gasteiger partial charge is 0.397 e. The van der Waals surface area contributed by atoms with Crippen molar-refractivity contribution in [3.8, 4) is 0 Å². The number of carbonyl (C=O) groups excluding carboxylic acids is 2. The van der Waals surface area contributed by atoms with Crippen molar-refractivity contribution in [1.82, 2.24) is 10.6 Å². The molecular weight excluding hydrogens is 268 g/mol. The van der Waals surface area contributed by atoms with E-state index < -0.39 is 0 Å². The molecule has 0 spiro atoms. The predicted molar refractivity (Wildman–Crippen MR) is 83.1 cm³/mol. The van der Waals surface area contributed by atoms with Gasteiger partial charge in [0.15, 0.2) is 0 Å². The number of anilines is 2. The van der Waals surface area contributed by atoms with E-state index in [1.54, 1.807) is 25.2 Å². The Morgan fingerprint density at radius 2 is 2.10 bits per heavy atom. The molecule has 114 valence electrons. The second-order valence-corrected chi connectivity index (χ2v) is 5.25. The molecule has 0 unspecified atom stereocenters. The summed E-state index contributed by atoms with van der Waals surface area (Å²) in [6, 6.07) is 5.51. The first kappa shape index (κ1) is 15.2. The molecule has 21 heavy (non-hydrogen) atoms. The van der Waals surface area contributed by atoms with E-state index in [2.05, 4.69) is 16.0 Å². The van der Waals surface area contributed by atoms with Gasteiger partial charge in [-0.25, -0.2) is 0 Å². The monoisotopic (exact) mass is 290 g/mol. The minimum atomic E-state index is -0.151. The molecule has 0 heterocycles. The van der Waals surface area contributed by atoms with Gasteiger partial charge in [-0.15, -0.1) is 0 Å². The molecule has 5 N–H and O–H groups in total. The lowest BCUT2D eigenvalue weighted by molar-refractivity contribution is -0.121. The van der Waals surface area contributed by atoms with Crippen molar-refractivity contribution in [2.75, 3.05) is 24.6 Å². The van der Waals surface area contributed by atoms with Gasteiger partial charge in [0.25, 0.3) is 5.91 Å². The second-order valence-electron chi connectivity index (χ2n) is 5.25. The van der Waals surface area contributed by atoms with Crippen molar-refractivity contribution in [3.05, 3.63) is 23.8 Å². The molecule has 6 nitrogen and oxygen atoms in total.